The first-order valence-corrected chi connectivity index (χ1v) is 9.35. The molecule has 0 aliphatic carbocycles. The van der Waals surface area contributed by atoms with E-state index in [1.807, 2.05) is 30.3 Å². The summed E-state index contributed by atoms with van der Waals surface area (Å²) in [6, 6.07) is 13.8. The minimum Gasteiger partial charge on any atom is -0.493 e. The molecule has 0 unspecified atom stereocenters. The molecule has 0 aliphatic rings. The first-order valence-electron chi connectivity index (χ1n) is 9.35. The second-order valence-corrected chi connectivity index (χ2v) is 6.75. The monoisotopic (exact) mass is 398 g/mol. The van der Waals surface area contributed by atoms with Crippen LogP contribution in [0.25, 0.3) is 0 Å². The summed E-state index contributed by atoms with van der Waals surface area (Å²) < 4.78 is 37.6. The molecule has 4 nitrogen and oxygen atoms in total. The lowest BCUT2D eigenvalue weighted by Gasteiger charge is -2.23. The number of ether oxygens (including phenoxy) is 2. The van der Waals surface area contributed by atoms with Crippen LogP contribution in [0, 0.1) is 11.6 Å². The molecular formula is C23H24F2N2O2. The normalized spacial score (nSPS) is 10.9. The van der Waals surface area contributed by atoms with Crippen LogP contribution in [0.4, 0.5) is 8.78 Å². The molecule has 3 rings (SSSR count). The van der Waals surface area contributed by atoms with Crippen molar-refractivity contribution in [2.45, 2.75) is 19.5 Å². The van der Waals surface area contributed by atoms with Gasteiger partial charge in [-0.3, -0.25) is 9.88 Å². The summed E-state index contributed by atoms with van der Waals surface area (Å²) in [6.07, 6.45) is 4.27. The predicted octanol–water partition coefficient (Wildman–Crippen LogP) is 4.62. The Kier molecular flexibility index (Phi) is 7.14. The van der Waals surface area contributed by atoms with E-state index in [9.17, 15) is 8.78 Å². The van der Waals surface area contributed by atoms with Crippen LogP contribution in [0.1, 0.15) is 16.7 Å². The number of nitrogens with zero attached hydrogens (tertiary/aromatic N) is 2. The molecule has 1 heterocycles. The van der Waals surface area contributed by atoms with Crippen molar-refractivity contribution in [3.05, 3.63) is 89.2 Å². The molecule has 6 heteroatoms. The van der Waals surface area contributed by atoms with E-state index in [0.29, 0.717) is 24.6 Å². The molecule has 0 atom stereocenters. The summed E-state index contributed by atoms with van der Waals surface area (Å²) in [4.78, 5) is 6.24. The van der Waals surface area contributed by atoms with Crippen LogP contribution in [0.2, 0.25) is 0 Å². The first-order chi connectivity index (χ1) is 14.1. The summed E-state index contributed by atoms with van der Waals surface area (Å²) in [6.45, 7) is 1.92. The van der Waals surface area contributed by atoms with Crippen molar-refractivity contribution in [2.75, 3.05) is 20.8 Å². The molecule has 0 saturated carbocycles. The Morgan fingerprint density at radius 3 is 2.14 bits per heavy atom. The van der Waals surface area contributed by atoms with E-state index in [2.05, 4.69) is 9.88 Å². The van der Waals surface area contributed by atoms with E-state index in [-0.39, 0.29) is 0 Å². The Hall–Kier alpha value is -2.99. The molecule has 0 bridgehead atoms. The second-order valence-electron chi connectivity index (χ2n) is 6.75. The highest BCUT2D eigenvalue weighted by Gasteiger charge is 2.11. The van der Waals surface area contributed by atoms with Gasteiger partial charge in [0, 0.05) is 32.0 Å². The van der Waals surface area contributed by atoms with Gasteiger partial charge in [-0.1, -0.05) is 12.1 Å². The molecule has 0 saturated heterocycles. The van der Waals surface area contributed by atoms with E-state index in [1.54, 1.807) is 32.7 Å². The molecule has 0 spiro atoms. The zero-order chi connectivity index (χ0) is 20.6. The van der Waals surface area contributed by atoms with Crippen molar-refractivity contribution in [1.29, 1.82) is 0 Å². The molecule has 0 N–H and O–H groups in total. The second kappa shape index (κ2) is 9.98. The van der Waals surface area contributed by atoms with Crippen molar-refractivity contribution < 1.29 is 18.3 Å². The van der Waals surface area contributed by atoms with Gasteiger partial charge in [0.1, 0.15) is 0 Å². The van der Waals surface area contributed by atoms with Crippen LogP contribution in [0.15, 0.2) is 60.9 Å². The van der Waals surface area contributed by atoms with Crippen LogP contribution in [-0.2, 0) is 19.5 Å². The van der Waals surface area contributed by atoms with Crippen molar-refractivity contribution in [3.8, 4) is 11.5 Å². The summed E-state index contributed by atoms with van der Waals surface area (Å²) in [7, 11) is 3.22. The van der Waals surface area contributed by atoms with Crippen molar-refractivity contribution in [1.82, 2.24) is 9.88 Å². The third-order valence-corrected chi connectivity index (χ3v) is 4.71. The number of rotatable bonds is 9. The molecule has 152 valence electrons. The number of hydrogen-bond acceptors (Lipinski definition) is 4. The maximum atomic E-state index is 13.6. The molecular weight excluding hydrogens is 374 g/mol. The fraction of sp³-hybridized carbons (Fsp3) is 0.261. The van der Waals surface area contributed by atoms with Gasteiger partial charge in [-0.05, 0) is 59.5 Å². The van der Waals surface area contributed by atoms with E-state index >= 15 is 0 Å². The van der Waals surface area contributed by atoms with Gasteiger partial charge in [0.2, 0.25) is 0 Å². The fourth-order valence-electron chi connectivity index (χ4n) is 3.18. The Bertz CT molecular complexity index is 935. The number of pyridine rings is 1. The summed E-state index contributed by atoms with van der Waals surface area (Å²) in [5.74, 6) is -0.288. The summed E-state index contributed by atoms with van der Waals surface area (Å²) in [5.41, 5.74) is 2.94. The van der Waals surface area contributed by atoms with E-state index < -0.39 is 11.6 Å². The molecule has 3 aromatic rings. The predicted molar refractivity (Wildman–Crippen MR) is 108 cm³/mol. The van der Waals surface area contributed by atoms with Gasteiger partial charge in [0.05, 0.1) is 14.2 Å². The third kappa shape index (κ3) is 5.74. The average molecular weight is 398 g/mol. The van der Waals surface area contributed by atoms with Crippen LogP contribution < -0.4 is 9.47 Å². The van der Waals surface area contributed by atoms with Gasteiger partial charge in [-0.2, -0.15) is 0 Å². The number of halogens is 2. The highest BCUT2D eigenvalue weighted by atomic mass is 19.2. The highest BCUT2D eigenvalue weighted by molar-refractivity contribution is 5.43. The van der Waals surface area contributed by atoms with E-state index in [1.165, 1.54) is 12.1 Å². The van der Waals surface area contributed by atoms with Crippen LogP contribution >= 0.6 is 0 Å². The highest BCUT2D eigenvalue weighted by Crippen LogP contribution is 2.28. The Morgan fingerprint density at radius 2 is 1.45 bits per heavy atom. The van der Waals surface area contributed by atoms with Gasteiger partial charge in [-0.25, -0.2) is 8.78 Å². The summed E-state index contributed by atoms with van der Waals surface area (Å²) in [5, 5.41) is 0. The molecule has 0 fully saturated rings. The quantitative estimate of drug-likeness (QED) is 0.527. The molecule has 0 radical (unpaired) electrons. The minimum absolute atomic E-state index is 0.507. The van der Waals surface area contributed by atoms with Gasteiger partial charge in [0.25, 0.3) is 0 Å². The lowest BCUT2D eigenvalue weighted by Crippen LogP contribution is -2.25. The maximum Gasteiger partial charge on any atom is 0.160 e. The third-order valence-electron chi connectivity index (χ3n) is 4.71. The van der Waals surface area contributed by atoms with Crippen molar-refractivity contribution >= 4 is 0 Å². The first kappa shape index (κ1) is 20.7. The number of hydrogen-bond donors (Lipinski definition) is 0. The van der Waals surface area contributed by atoms with Crippen LogP contribution in [0.5, 0.6) is 11.5 Å². The van der Waals surface area contributed by atoms with Crippen molar-refractivity contribution in [3.63, 3.8) is 0 Å². The molecule has 29 heavy (non-hydrogen) atoms. The average Bonchev–Trinajstić information content (AvgIpc) is 2.75. The van der Waals surface area contributed by atoms with Gasteiger partial charge in [0.15, 0.2) is 23.1 Å². The van der Waals surface area contributed by atoms with Crippen LogP contribution in [0.3, 0.4) is 0 Å². The SMILES string of the molecule is COc1ccc(CCN(Cc2ccncc2)Cc2ccc(F)c(F)c2)cc1OC. The molecule has 0 amide bonds. The number of benzene rings is 2. The lowest BCUT2D eigenvalue weighted by molar-refractivity contribution is 0.259. The van der Waals surface area contributed by atoms with Gasteiger partial charge < -0.3 is 9.47 Å². The zero-order valence-corrected chi connectivity index (χ0v) is 16.6. The van der Waals surface area contributed by atoms with Gasteiger partial charge in [-0.15, -0.1) is 0 Å². The minimum atomic E-state index is -0.834. The molecule has 1 aromatic heterocycles. The smallest absolute Gasteiger partial charge is 0.160 e. The standard InChI is InChI=1S/C23H24F2N2O2/c1-28-22-6-4-17(14-23(22)29-2)9-12-27(15-18-7-10-26-11-8-18)16-19-3-5-20(24)21(25)13-19/h3-8,10-11,13-14H,9,12,15-16H2,1-2H3. The Labute approximate surface area is 169 Å². The Morgan fingerprint density at radius 1 is 0.759 bits per heavy atom. The molecule has 0 aliphatic heterocycles. The Balaban J connectivity index is 1.74. The zero-order valence-electron chi connectivity index (χ0n) is 16.6. The lowest BCUT2D eigenvalue weighted by atomic mass is 10.1. The van der Waals surface area contributed by atoms with Crippen molar-refractivity contribution in [2.24, 2.45) is 0 Å². The topological polar surface area (TPSA) is 34.6 Å². The van der Waals surface area contributed by atoms with E-state index in [4.69, 9.17) is 9.47 Å². The largest absolute Gasteiger partial charge is 0.493 e. The van der Waals surface area contributed by atoms with E-state index in [0.717, 1.165) is 29.7 Å². The molecule has 2 aromatic carbocycles. The van der Waals surface area contributed by atoms with Crippen LogP contribution in [-0.4, -0.2) is 30.6 Å². The number of methoxy groups -OCH3 is 2. The maximum absolute atomic E-state index is 13.6. The van der Waals surface area contributed by atoms with Gasteiger partial charge >= 0.3 is 0 Å². The number of aromatic nitrogens is 1. The fourth-order valence-corrected chi connectivity index (χ4v) is 3.18. The summed E-state index contributed by atoms with van der Waals surface area (Å²) >= 11 is 0.